The van der Waals surface area contributed by atoms with E-state index in [2.05, 4.69) is 21.2 Å². The Hall–Kier alpha value is -3.26. The molecular weight excluding hydrogens is 508 g/mol. The number of rotatable bonds is 8. The van der Waals surface area contributed by atoms with E-state index in [-0.39, 0.29) is 6.54 Å². The lowest BCUT2D eigenvalue weighted by Crippen LogP contribution is -2.31. The van der Waals surface area contributed by atoms with Crippen molar-refractivity contribution in [1.29, 1.82) is 0 Å². The first-order valence-corrected chi connectivity index (χ1v) is 12.0. The summed E-state index contributed by atoms with van der Waals surface area (Å²) in [6.45, 7) is 2.10. The number of ether oxygens (including phenoxy) is 2. The number of hydrogen-bond donors (Lipinski definition) is 2. The highest BCUT2D eigenvalue weighted by atomic mass is 79.9. The summed E-state index contributed by atoms with van der Waals surface area (Å²) in [7, 11) is 2.91. The quantitative estimate of drug-likeness (QED) is 0.229. The molecule has 0 amide bonds. The Balaban J connectivity index is 1.74. The molecule has 1 aromatic heterocycles. The van der Waals surface area contributed by atoms with Crippen LogP contribution in [-0.4, -0.2) is 36.8 Å². The molecule has 2 N–H and O–H groups in total. The Morgan fingerprint density at radius 3 is 2.49 bits per heavy atom. The third kappa shape index (κ3) is 5.22. The average molecular weight is 535 g/mol. The molecule has 35 heavy (non-hydrogen) atoms. The lowest BCUT2D eigenvalue weighted by atomic mass is 9.95. The zero-order chi connectivity index (χ0) is 24.9. The highest BCUT2D eigenvalue weighted by Crippen LogP contribution is 2.34. The van der Waals surface area contributed by atoms with E-state index in [1.54, 1.807) is 13.2 Å². The highest BCUT2D eigenvalue weighted by Gasteiger charge is 2.27. The van der Waals surface area contributed by atoms with Gasteiger partial charge in [0.25, 0.3) is 0 Å². The largest absolute Gasteiger partial charge is 0.496 e. The topological polar surface area (TPSA) is 80.7 Å². The van der Waals surface area contributed by atoms with E-state index in [0.717, 1.165) is 32.2 Å². The molecule has 4 rings (SSSR count). The van der Waals surface area contributed by atoms with Gasteiger partial charge < -0.3 is 14.6 Å². The lowest BCUT2D eigenvalue weighted by molar-refractivity contribution is -0.142. The summed E-state index contributed by atoms with van der Waals surface area (Å²) in [5, 5.41) is 15.4. The van der Waals surface area contributed by atoms with Crippen molar-refractivity contribution in [1.82, 2.24) is 10.3 Å². The second-order valence-corrected chi connectivity index (χ2v) is 9.07. The number of aliphatic hydroxyl groups is 1. The highest BCUT2D eigenvalue weighted by molar-refractivity contribution is 9.10. The number of para-hydroxylation sites is 1. The van der Waals surface area contributed by atoms with Crippen LogP contribution >= 0.6 is 15.9 Å². The number of methoxy groups -OCH3 is 2. The van der Waals surface area contributed by atoms with Gasteiger partial charge in [-0.25, -0.2) is 4.98 Å². The molecular formula is C28H27BrN2O4. The monoisotopic (exact) mass is 534 g/mol. The first-order valence-electron chi connectivity index (χ1n) is 11.2. The van der Waals surface area contributed by atoms with E-state index in [4.69, 9.17) is 14.5 Å². The third-order valence-electron chi connectivity index (χ3n) is 6.08. The second kappa shape index (κ2) is 11.0. The van der Waals surface area contributed by atoms with Crippen molar-refractivity contribution in [3.8, 4) is 17.0 Å². The number of esters is 1. The summed E-state index contributed by atoms with van der Waals surface area (Å²) < 4.78 is 11.4. The second-order valence-electron chi connectivity index (χ2n) is 8.16. The number of aliphatic hydroxyl groups excluding tert-OH is 1. The fourth-order valence-electron chi connectivity index (χ4n) is 4.33. The van der Waals surface area contributed by atoms with Crippen LogP contribution in [0.5, 0.6) is 5.75 Å². The Labute approximate surface area is 213 Å². The maximum atomic E-state index is 12.7. The summed E-state index contributed by atoms with van der Waals surface area (Å²) in [5.41, 5.74) is 4.77. The normalized spacial score (nSPS) is 12.8. The number of nitrogens with one attached hydrogen (secondary N) is 1. The zero-order valence-electron chi connectivity index (χ0n) is 19.8. The van der Waals surface area contributed by atoms with Crippen LogP contribution in [0.25, 0.3) is 22.2 Å². The van der Waals surface area contributed by atoms with E-state index in [0.29, 0.717) is 16.9 Å². The number of carbonyl (C=O) groups excluding carboxylic acids is 1. The van der Waals surface area contributed by atoms with Crippen LogP contribution in [-0.2, 0) is 9.53 Å². The lowest BCUT2D eigenvalue weighted by Gasteiger charge is -2.23. The van der Waals surface area contributed by atoms with Crippen LogP contribution < -0.4 is 10.1 Å². The van der Waals surface area contributed by atoms with E-state index < -0.39 is 18.1 Å². The Morgan fingerprint density at radius 2 is 1.77 bits per heavy atom. The summed E-state index contributed by atoms with van der Waals surface area (Å²) in [6.07, 6.45) is -1.06. The van der Waals surface area contributed by atoms with Gasteiger partial charge in [-0.3, -0.25) is 10.1 Å². The van der Waals surface area contributed by atoms with Crippen molar-refractivity contribution >= 4 is 32.8 Å². The maximum Gasteiger partial charge on any atom is 0.314 e. The van der Waals surface area contributed by atoms with Gasteiger partial charge in [0.05, 0.1) is 31.3 Å². The van der Waals surface area contributed by atoms with E-state index in [1.165, 1.54) is 7.11 Å². The molecule has 7 heteroatoms. The minimum absolute atomic E-state index is 0.145. The smallest absolute Gasteiger partial charge is 0.314 e. The van der Waals surface area contributed by atoms with Crippen molar-refractivity contribution in [2.75, 3.05) is 20.8 Å². The maximum absolute atomic E-state index is 12.7. The molecule has 0 saturated heterocycles. The molecule has 0 bridgehead atoms. The van der Waals surface area contributed by atoms with Crippen molar-refractivity contribution in [2.45, 2.75) is 19.1 Å². The molecule has 6 nitrogen and oxygen atoms in total. The molecule has 4 aromatic rings. The fourth-order valence-corrected chi connectivity index (χ4v) is 4.69. The van der Waals surface area contributed by atoms with Crippen LogP contribution in [0, 0.1) is 6.92 Å². The molecule has 180 valence electrons. The third-order valence-corrected chi connectivity index (χ3v) is 6.57. The number of carbonyl (C=O) groups is 1. The van der Waals surface area contributed by atoms with Gasteiger partial charge in [0.2, 0.25) is 0 Å². The number of nitrogens with zero attached hydrogens (tertiary/aromatic N) is 1. The van der Waals surface area contributed by atoms with Crippen molar-refractivity contribution in [3.63, 3.8) is 0 Å². The zero-order valence-corrected chi connectivity index (χ0v) is 21.4. The summed E-state index contributed by atoms with van der Waals surface area (Å²) in [6, 6.07) is 23.0. The number of aromatic nitrogens is 1. The van der Waals surface area contributed by atoms with Crippen LogP contribution in [0.1, 0.15) is 28.8 Å². The molecule has 0 spiro atoms. The van der Waals surface area contributed by atoms with Crippen molar-refractivity contribution < 1.29 is 19.4 Å². The van der Waals surface area contributed by atoms with Crippen LogP contribution in [0.15, 0.2) is 77.3 Å². The number of halogens is 1. The first-order chi connectivity index (χ1) is 16.9. The Morgan fingerprint density at radius 1 is 1.06 bits per heavy atom. The molecule has 2 unspecified atom stereocenters. The molecule has 0 aliphatic carbocycles. The predicted octanol–water partition coefficient (Wildman–Crippen LogP) is 5.52. The average Bonchev–Trinajstić information content (AvgIpc) is 2.88. The molecule has 0 aliphatic heterocycles. The van der Waals surface area contributed by atoms with E-state index >= 15 is 0 Å². The molecule has 0 saturated carbocycles. The molecule has 3 aromatic carbocycles. The molecule has 1 heterocycles. The summed E-state index contributed by atoms with van der Waals surface area (Å²) in [4.78, 5) is 17.6. The summed E-state index contributed by atoms with van der Waals surface area (Å²) in [5.74, 6) is -0.502. The van der Waals surface area contributed by atoms with Gasteiger partial charge in [-0.2, -0.15) is 0 Å². The van der Waals surface area contributed by atoms with Gasteiger partial charge in [-0.05, 0) is 36.8 Å². The number of benzene rings is 3. The van der Waals surface area contributed by atoms with Crippen molar-refractivity contribution in [3.05, 3.63) is 94.0 Å². The number of fused-ring (bicyclic) bond motifs is 1. The summed E-state index contributed by atoms with van der Waals surface area (Å²) >= 11 is 3.54. The van der Waals surface area contributed by atoms with Crippen LogP contribution in [0.2, 0.25) is 0 Å². The Bertz CT molecular complexity index is 1340. The number of hydrogen-bond acceptors (Lipinski definition) is 6. The molecule has 2 atom stereocenters. The van der Waals surface area contributed by atoms with Crippen LogP contribution in [0.3, 0.4) is 0 Å². The molecule has 0 aliphatic rings. The van der Waals surface area contributed by atoms with Gasteiger partial charge in [0.1, 0.15) is 12.0 Å². The van der Waals surface area contributed by atoms with Gasteiger partial charge in [-0.1, -0.05) is 64.5 Å². The predicted molar refractivity (Wildman–Crippen MR) is 140 cm³/mol. The van der Waals surface area contributed by atoms with Gasteiger partial charge >= 0.3 is 5.97 Å². The first kappa shape index (κ1) is 24.9. The molecule has 0 fully saturated rings. The Kier molecular flexibility index (Phi) is 7.80. The van der Waals surface area contributed by atoms with E-state index in [1.807, 2.05) is 73.7 Å². The SMILES string of the molecule is COC(=O)C(CNC(O)c1c(C)c(-c2ccccc2)nc2ccc(Br)cc12)c1ccccc1OC. The van der Waals surface area contributed by atoms with Gasteiger partial charge in [0.15, 0.2) is 0 Å². The van der Waals surface area contributed by atoms with E-state index in [9.17, 15) is 9.90 Å². The van der Waals surface area contributed by atoms with Crippen LogP contribution in [0.4, 0.5) is 0 Å². The standard InChI is InChI=1S/C28H27BrN2O4/c1-17-25(21-15-19(29)13-14-23(21)31-26(17)18-9-5-4-6-10-18)27(32)30-16-22(28(33)35-3)20-11-7-8-12-24(20)34-2/h4-15,22,27,30,32H,16H2,1-3H3. The fraction of sp³-hybridized carbons (Fsp3) is 0.214. The van der Waals surface area contributed by atoms with Gasteiger partial charge in [-0.15, -0.1) is 0 Å². The molecule has 0 radical (unpaired) electrons. The van der Waals surface area contributed by atoms with Crippen molar-refractivity contribution in [2.24, 2.45) is 0 Å². The minimum Gasteiger partial charge on any atom is -0.496 e. The van der Waals surface area contributed by atoms with Gasteiger partial charge in [0, 0.05) is 33.1 Å². The minimum atomic E-state index is -1.06. The number of pyridine rings is 1.